The zero-order valence-electron chi connectivity index (χ0n) is 14.5. The van der Waals surface area contributed by atoms with Crippen LogP contribution in [0.4, 0.5) is 10.2 Å². The third kappa shape index (κ3) is 2.97. The topological polar surface area (TPSA) is 58.5 Å². The Morgan fingerprint density at radius 1 is 1.23 bits per heavy atom. The van der Waals surface area contributed by atoms with Crippen molar-refractivity contribution < 1.29 is 14.2 Å². The molecule has 0 unspecified atom stereocenters. The molecule has 0 radical (unpaired) electrons. The third-order valence-corrected chi connectivity index (χ3v) is 4.79. The van der Waals surface area contributed by atoms with Gasteiger partial charge in [0.25, 0.3) is 0 Å². The molecule has 0 spiro atoms. The van der Waals surface area contributed by atoms with Gasteiger partial charge >= 0.3 is 0 Å². The Kier molecular flexibility index (Phi) is 4.42. The number of ether oxygens (including phenoxy) is 1. The molecule has 0 amide bonds. The van der Waals surface area contributed by atoms with Crippen molar-refractivity contribution in [3.8, 4) is 17.1 Å². The van der Waals surface area contributed by atoms with Crippen LogP contribution in [0, 0.1) is 5.82 Å². The van der Waals surface area contributed by atoms with E-state index in [4.69, 9.17) is 9.72 Å². The summed E-state index contributed by atoms with van der Waals surface area (Å²) in [5.41, 5.74) is 1.21. The Bertz CT molecular complexity index is 947. The Morgan fingerprint density at radius 3 is 2.88 bits per heavy atom. The summed E-state index contributed by atoms with van der Waals surface area (Å²) in [6.07, 6.45) is 2.03. The van der Waals surface area contributed by atoms with E-state index < -0.39 is 0 Å². The van der Waals surface area contributed by atoms with E-state index in [9.17, 15) is 9.50 Å². The van der Waals surface area contributed by atoms with E-state index in [2.05, 4.69) is 9.88 Å². The van der Waals surface area contributed by atoms with Crippen molar-refractivity contribution in [2.75, 3.05) is 25.2 Å². The minimum Gasteiger partial charge on any atom is -0.507 e. The molecular formula is C20H20FN3O2. The first-order valence-electron chi connectivity index (χ1n) is 8.68. The Morgan fingerprint density at radius 2 is 2.08 bits per heavy atom. The van der Waals surface area contributed by atoms with E-state index in [0.717, 1.165) is 19.4 Å². The molecule has 1 atom stereocenters. The molecule has 1 N–H and O–H groups in total. The van der Waals surface area contributed by atoms with Crippen molar-refractivity contribution in [2.24, 2.45) is 0 Å². The molecule has 0 saturated carbocycles. The fraction of sp³-hybridized carbons (Fsp3) is 0.300. The van der Waals surface area contributed by atoms with Gasteiger partial charge in [0.2, 0.25) is 0 Å². The Hall–Kier alpha value is -2.73. The number of nitrogens with zero attached hydrogens (tertiary/aromatic N) is 3. The molecule has 0 aliphatic carbocycles. The van der Waals surface area contributed by atoms with E-state index >= 15 is 0 Å². The van der Waals surface area contributed by atoms with Gasteiger partial charge < -0.3 is 14.7 Å². The number of hydrogen-bond donors (Lipinski definition) is 1. The van der Waals surface area contributed by atoms with Gasteiger partial charge in [-0.15, -0.1) is 0 Å². The smallest absolute Gasteiger partial charge is 0.165 e. The van der Waals surface area contributed by atoms with Crippen molar-refractivity contribution in [3.63, 3.8) is 0 Å². The van der Waals surface area contributed by atoms with Crippen molar-refractivity contribution in [2.45, 2.75) is 18.9 Å². The van der Waals surface area contributed by atoms with E-state index in [1.807, 2.05) is 6.07 Å². The number of halogens is 1. The molecule has 2 heterocycles. The maximum Gasteiger partial charge on any atom is 0.165 e. The molecule has 134 valence electrons. The largest absolute Gasteiger partial charge is 0.507 e. The number of aromatic hydroxyl groups is 1. The van der Waals surface area contributed by atoms with Crippen molar-refractivity contribution in [1.29, 1.82) is 0 Å². The zero-order valence-corrected chi connectivity index (χ0v) is 14.5. The van der Waals surface area contributed by atoms with Gasteiger partial charge in [-0.1, -0.05) is 12.1 Å². The summed E-state index contributed by atoms with van der Waals surface area (Å²) >= 11 is 0. The fourth-order valence-corrected chi connectivity index (χ4v) is 3.57. The number of benzene rings is 2. The summed E-state index contributed by atoms with van der Waals surface area (Å²) in [6, 6.07) is 11.7. The van der Waals surface area contributed by atoms with Crippen LogP contribution in [0.5, 0.6) is 5.75 Å². The fourth-order valence-electron chi connectivity index (χ4n) is 3.57. The summed E-state index contributed by atoms with van der Waals surface area (Å²) in [4.78, 5) is 11.4. The highest BCUT2D eigenvalue weighted by molar-refractivity contribution is 5.91. The Labute approximate surface area is 151 Å². The van der Waals surface area contributed by atoms with Crippen molar-refractivity contribution in [1.82, 2.24) is 9.97 Å². The minimum atomic E-state index is -0.319. The molecule has 2 aromatic carbocycles. The predicted octanol–water partition coefficient (Wildman–Crippen LogP) is 3.76. The molecule has 4 rings (SSSR count). The van der Waals surface area contributed by atoms with Crippen molar-refractivity contribution in [3.05, 3.63) is 48.3 Å². The first-order valence-corrected chi connectivity index (χ1v) is 8.68. The van der Waals surface area contributed by atoms with Gasteiger partial charge in [-0.2, -0.15) is 0 Å². The second-order valence-corrected chi connectivity index (χ2v) is 6.49. The summed E-state index contributed by atoms with van der Waals surface area (Å²) < 4.78 is 19.2. The summed E-state index contributed by atoms with van der Waals surface area (Å²) in [5, 5.41) is 10.9. The van der Waals surface area contributed by atoms with Gasteiger partial charge in [0.15, 0.2) is 5.82 Å². The molecule has 3 aromatic rings. The molecule has 1 fully saturated rings. The molecule has 1 saturated heterocycles. The van der Waals surface area contributed by atoms with Crippen LogP contribution < -0.4 is 4.90 Å². The zero-order chi connectivity index (χ0) is 18.1. The van der Waals surface area contributed by atoms with Crippen LogP contribution in [-0.4, -0.2) is 41.4 Å². The molecule has 1 aromatic heterocycles. The molecule has 1 aliphatic heterocycles. The molecule has 6 heteroatoms. The average molecular weight is 353 g/mol. The number of anilines is 1. The van der Waals surface area contributed by atoms with Crippen LogP contribution in [0.25, 0.3) is 22.3 Å². The van der Waals surface area contributed by atoms with Gasteiger partial charge in [-0.25, -0.2) is 14.4 Å². The molecule has 5 nitrogen and oxygen atoms in total. The van der Waals surface area contributed by atoms with Crippen LogP contribution in [0.3, 0.4) is 0 Å². The molecular weight excluding hydrogens is 333 g/mol. The monoisotopic (exact) mass is 353 g/mol. The minimum absolute atomic E-state index is 0.120. The second kappa shape index (κ2) is 6.88. The molecule has 0 bridgehead atoms. The molecule has 26 heavy (non-hydrogen) atoms. The lowest BCUT2D eigenvalue weighted by Gasteiger charge is -2.26. The molecule has 1 aliphatic rings. The lowest BCUT2D eigenvalue weighted by atomic mass is 10.1. The summed E-state index contributed by atoms with van der Waals surface area (Å²) in [7, 11) is 1.68. The standard InChI is InChI=1S/C20H20FN3O2/c1-26-12-14-5-4-10-24(14)20-16-11-13(21)8-9-17(16)22-19(23-20)15-6-2-3-7-18(15)25/h2-3,6-9,11,14,25H,4-5,10,12H2,1H3/t14-/m1/s1. The van der Waals surface area contributed by atoms with Gasteiger partial charge in [0.1, 0.15) is 17.4 Å². The normalized spacial score (nSPS) is 17.2. The quantitative estimate of drug-likeness (QED) is 0.774. The highest BCUT2D eigenvalue weighted by Crippen LogP contribution is 2.34. The highest BCUT2D eigenvalue weighted by atomic mass is 19.1. The van der Waals surface area contributed by atoms with Crippen LogP contribution >= 0.6 is 0 Å². The van der Waals surface area contributed by atoms with Crippen LogP contribution in [0.2, 0.25) is 0 Å². The number of fused-ring (bicyclic) bond motifs is 1. The maximum atomic E-state index is 13.9. The van der Waals surface area contributed by atoms with E-state index in [0.29, 0.717) is 34.7 Å². The average Bonchev–Trinajstić information content (AvgIpc) is 3.10. The summed E-state index contributed by atoms with van der Waals surface area (Å²) in [5.74, 6) is 0.919. The predicted molar refractivity (Wildman–Crippen MR) is 98.8 cm³/mol. The number of phenolic OH excluding ortho intramolecular Hbond substituents is 1. The van der Waals surface area contributed by atoms with Gasteiger partial charge in [0.05, 0.1) is 23.7 Å². The number of aromatic nitrogens is 2. The SMILES string of the molecule is COC[C@H]1CCCN1c1nc(-c2ccccc2O)nc2ccc(F)cc12. The van der Waals surface area contributed by atoms with Crippen molar-refractivity contribution >= 4 is 16.7 Å². The third-order valence-electron chi connectivity index (χ3n) is 4.79. The van der Waals surface area contributed by atoms with Crippen LogP contribution in [0.1, 0.15) is 12.8 Å². The van der Waals surface area contributed by atoms with Crippen LogP contribution in [-0.2, 0) is 4.74 Å². The Balaban J connectivity index is 1.92. The number of para-hydroxylation sites is 1. The number of phenols is 1. The maximum absolute atomic E-state index is 13.9. The number of hydrogen-bond acceptors (Lipinski definition) is 5. The lowest BCUT2D eigenvalue weighted by Crippen LogP contribution is -2.33. The lowest BCUT2D eigenvalue weighted by molar-refractivity contribution is 0.180. The number of rotatable bonds is 4. The number of methoxy groups -OCH3 is 1. The van der Waals surface area contributed by atoms with E-state index in [-0.39, 0.29) is 17.6 Å². The highest BCUT2D eigenvalue weighted by Gasteiger charge is 2.28. The van der Waals surface area contributed by atoms with E-state index in [1.54, 1.807) is 31.4 Å². The van der Waals surface area contributed by atoms with Gasteiger partial charge in [-0.05, 0) is 43.2 Å². The van der Waals surface area contributed by atoms with E-state index in [1.165, 1.54) is 12.1 Å². The first kappa shape index (κ1) is 16.7. The van der Waals surface area contributed by atoms with Gasteiger partial charge in [-0.3, -0.25) is 0 Å². The second-order valence-electron chi connectivity index (χ2n) is 6.49. The first-order chi connectivity index (χ1) is 12.7. The van der Waals surface area contributed by atoms with Crippen LogP contribution in [0.15, 0.2) is 42.5 Å². The summed E-state index contributed by atoms with van der Waals surface area (Å²) in [6.45, 7) is 1.42. The van der Waals surface area contributed by atoms with Gasteiger partial charge in [0, 0.05) is 19.0 Å².